The molecule has 3 heterocycles. The lowest BCUT2D eigenvalue weighted by molar-refractivity contribution is -0.112. The lowest BCUT2D eigenvalue weighted by atomic mass is 9.90. The van der Waals surface area contributed by atoms with Crippen molar-refractivity contribution in [2.75, 3.05) is 13.1 Å². The van der Waals surface area contributed by atoms with Gasteiger partial charge in [-0.05, 0) is 25.0 Å². The zero-order chi connectivity index (χ0) is 18.1. The van der Waals surface area contributed by atoms with Crippen molar-refractivity contribution in [2.45, 2.75) is 35.9 Å². The molecule has 0 radical (unpaired) electrons. The van der Waals surface area contributed by atoms with Gasteiger partial charge in [0.05, 0.1) is 17.2 Å². The summed E-state index contributed by atoms with van der Waals surface area (Å²) in [5, 5.41) is 0. The predicted molar refractivity (Wildman–Crippen MR) is 85.6 cm³/mol. The first-order valence-corrected chi connectivity index (χ1v) is 9.78. The van der Waals surface area contributed by atoms with Gasteiger partial charge in [0.1, 0.15) is 23.1 Å². The number of benzene rings is 1. The molecule has 1 aromatic heterocycles. The van der Waals surface area contributed by atoms with E-state index in [-0.39, 0.29) is 13.1 Å². The Hall–Kier alpha value is -1.97. The Morgan fingerprint density at radius 2 is 1.85 bits per heavy atom. The van der Waals surface area contributed by atoms with Gasteiger partial charge in [-0.25, -0.2) is 27.2 Å². The van der Waals surface area contributed by atoms with E-state index in [1.807, 2.05) is 0 Å². The molecule has 5 rings (SSSR count). The zero-order valence-corrected chi connectivity index (χ0v) is 14.5. The molecule has 9 heteroatoms. The van der Waals surface area contributed by atoms with E-state index in [2.05, 4.69) is 9.97 Å². The van der Waals surface area contributed by atoms with E-state index in [1.165, 1.54) is 0 Å². The number of halogens is 2. The van der Waals surface area contributed by atoms with E-state index < -0.39 is 32.2 Å². The summed E-state index contributed by atoms with van der Waals surface area (Å²) in [6, 6.07) is 2.28. The largest absolute Gasteiger partial charge is 0.361 e. The molecule has 26 heavy (non-hydrogen) atoms. The Bertz CT molecular complexity index is 998. The minimum atomic E-state index is -3.99. The van der Waals surface area contributed by atoms with Crippen LogP contribution in [0.3, 0.4) is 0 Å². The van der Waals surface area contributed by atoms with Crippen LogP contribution in [0.2, 0.25) is 0 Å². The highest BCUT2D eigenvalue weighted by Gasteiger charge is 2.55. The van der Waals surface area contributed by atoms with Gasteiger partial charge in [-0.3, -0.25) is 0 Å². The van der Waals surface area contributed by atoms with Crippen molar-refractivity contribution < 1.29 is 21.9 Å². The van der Waals surface area contributed by atoms with Crippen LogP contribution in [-0.4, -0.2) is 35.8 Å². The van der Waals surface area contributed by atoms with Crippen molar-refractivity contribution in [3.05, 3.63) is 53.1 Å². The van der Waals surface area contributed by atoms with Crippen LogP contribution in [-0.2, 0) is 27.0 Å². The second kappa shape index (κ2) is 5.28. The van der Waals surface area contributed by atoms with Gasteiger partial charge in [-0.1, -0.05) is 0 Å². The summed E-state index contributed by atoms with van der Waals surface area (Å²) >= 11 is 0. The van der Waals surface area contributed by atoms with Crippen LogP contribution in [0, 0.1) is 11.6 Å². The summed E-state index contributed by atoms with van der Waals surface area (Å²) in [7, 11) is -3.99. The Balaban J connectivity index is 1.41. The molecule has 1 spiro atoms. The fourth-order valence-corrected chi connectivity index (χ4v) is 5.11. The van der Waals surface area contributed by atoms with Crippen molar-refractivity contribution in [1.29, 1.82) is 0 Å². The van der Waals surface area contributed by atoms with Crippen LogP contribution in [0.5, 0.6) is 0 Å². The highest BCUT2D eigenvalue weighted by Crippen LogP contribution is 2.46. The van der Waals surface area contributed by atoms with Crippen molar-refractivity contribution >= 4 is 10.0 Å². The van der Waals surface area contributed by atoms with Crippen molar-refractivity contribution in [2.24, 2.45) is 0 Å². The van der Waals surface area contributed by atoms with Crippen molar-refractivity contribution in [1.82, 2.24) is 14.3 Å². The Morgan fingerprint density at radius 3 is 2.50 bits per heavy atom. The summed E-state index contributed by atoms with van der Waals surface area (Å²) in [5.74, 6) is -0.606. The van der Waals surface area contributed by atoms with Crippen molar-refractivity contribution in [3.8, 4) is 0 Å². The average molecular weight is 379 g/mol. The van der Waals surface area contributed by atoms with E-state index in [0.717, 1.165) is 46.4 Å². The number of hydrogen-bond donors (Lipinski definition) is 0. The molecule has 1 aliphatic carbocycles. The Labute approximate surface area is 148 Å². The summed E-state index contributed by atoms with van der Waals surface area (Å²) in [5.41, 5.74) is 0.839. The molecule has 1 aromatic carbocycles. The predicted octanol–water partition coefficient (Wildman–Crippen LogP) is 2.06. The molecule has 0 unspecified atom stereocenters. The summed E-state index contributed by atoms with van der Waals surface area (Å²) < 4.78 is 59.0. The molecule has 1 saturated heterocycles. The number of fused-ring (bicyclic) bond motifs is 2. The van der Waals surface area contributed by atoms with Gasteiger partial charge in [0.15, 0.2) is 0 Å². The molecule has 2 aromatic rings. The van der Waals surface area contributed by atoms with E-state index in [0.29, 0.717) is 18.6 Å². The average Bonchev–Trinajstić information content (AvgIpc) is 3.32. The Morgan fingerprint density at radius 1 is 1.15 bits per heavy atom. The molecule has 3 aliphatic rings. The zero-order valence-electron chi connectivity index (χ0n) is 13.7. The number of hydrogen-bond acceptors (Lipinski definition) is 5. The minimum absolute atomic E-state index is 0.0760. The third kappa shape index (κ3) is 2.38. The molecule has 0 bridgehead atoms. The monoisotopic (exact) mass is 379 g/mol. The third-order valence-electron chi connectivity index (χ3n) is 5.14. The molecule has 0 N–H and O–H groups in total. The normalized spacial score (nSPS) is 21.6. The maximum Gasteiger partial charge on any atom is 0.243 e. The van der Waals surface area contributed by atoms with Crippen LogP contribution in [0.4, 0.5) is 8.78 Å². The summed E-state index contributed by atoms with van der Waals surface area (Å²) in [6.45, 7) is 0.471. The minimum Gasteiger partial charge on any atom is -0.361 e. The first kappa shape index (κ1) is 16.2. The number of ether oxygens (including phenoxy) is 1. The Kier molecular flexibility index (Phi) is 3.29. The van der Waals surface area contributed by atoms with E-state index in [9.17, 15) is 17.2 Å². The van der Waals surface area contributed by atoms with E-state index in [1.54, 1.807) is 6.20 Å². The second-order valence-corrected chi connectivity index (χ2v) is 8.96. The number of aromatic nitrogens is 2. The van der Waals surface area contributed by atoms with Crippen LogP contribution in [0.15, 0.2) is 29.3 Å². The van der Waals surface area contributed by atoms with Gasteiger partial charge in [-0.15, -0.1) is 0 Å². The van der Waals surface area contributed by atoms with E-state index >= 15 is 0 Å². The first-order valence-electron chi connectivity index (χ1n) is 8.34. The van der Waals surface area contributed by atoms with Gasteiger partial charge in [0, 0.05) is 36.8 Å². The highest BCUT2D eigenvalue weighted by atomic mass is 32.2. The van der Waals surface area contributed by atoms with Gasteiger partial charge in [0.2, 0.25) is 10.0 Å². The smallest absolute Gasteiger partial charge is 0.243 e. The van der Waals surface area contributed by atoms with Crippen LogP contribution in [0.25, 0.3) is 0 Å². The summed E-state index contributed by atoms with van der Waals surface area (Å²) in [6.07, 6.45) is 3.93. The quantitative estimate of drug-likeness (QED) is 0.816. The third-order valence-corrected chi connectivity index (χ3v) is 6.91. The van der Waals surface area contributed by atoms with E-state index in [4.69, 9.17) is 4.74 Å². The first-order chi connectivity index (χ1) is 12.4. The van der Waals surface area contributed by atoms with Crippen LogP contribution < -0.4 is 0 Å². The van der Waals surface area contributed by atoms with Crippen LogP contribution >= 0.6 is 0 Å². The van der Waals surface area contributed by atoms with Crippen LogP contribution in [0.1, 0.15) is 35.8 Å². The SMILES string of the molecule is O=S(=O)(c1cc(F)cc(F)c1)N1CC2(C1)OCc1nc(C3CC3)ncc12. The molecule has 6 nitrogen and oxygen atoms in total. The molecular weight excluding hydrogens is 364 g/mol. The number of nitrogens with zero attached hydrogens (tertiary/aromatic N) is 3. The van der Waals surface area contributed by atoms with Gasteiger partial charge in [-0.2, -0.15) is 4.31 Å². The molecule has 2 aliphatic heterocycles. The second-order valence-electron chi connectivity index (χ2n) is 7.02. The maximum atomic E-state index is 13.4. The number of sulfonamides is 1. The molecule has 0 atom stereocenters. The number of rotatable bonds is 3. The highest BCUT2D eigenvalue weighted by molar-refractivity contribution is 7.89. The van der Waals surface area contributed by atoms with Gasteiger partial charge in [0.25, 0.3) is 0 Å². The molecule has 136 valence electrons. The fourth-order valence-electron chi connectivity index (χ4n) is 3.53. The molecule has 1 saturated carbocycles. The lowest BCUT2D eigenvalue weighted by Crippen LogP contribution is -2.61. The fraction of sp³-hybridized carbons (Fsp3) is 0.412. The standard InChI is InChI=1S/C17H15F2N3O3S/c18-11-3-12(19)5-13(4-11)26(23,24)22-8-17(9-22)14-6-20-16(10-1-2-10)21-15(14)7-25-17/h3-6,10H,1-2,7-9H2. The molecular formula is C17H15F2N3O3S. The van der Waals surface area contributed by atoms with Gasteiger partial charge < -0.3 is 4.74 Å². The topological polar surface area (TPSA) is 72.4 Å². The molecule has 2 fully saturated rings. The van der Waals surface area contributed by atoms with Gasteiger partial charge >= 0.3 is 0 Å². The molecule has 0 amide bonds. The maximum absolute atomic E-state index is 13.4. The van der Waals surface area contributed by atoms with Crippen molar-refractivity contribution in [3.63, 3.8) is 0 Å². The summed E-state index contributed by atoms with van der Waals surface area (Å²) in [4.78, 5) is 8.56. The lowest BCUT2D eigenvalue weighted by Gasteiger charge is -2.46.